The highest BCUT2D eigenvalue weighted by Gasteiger charge is 2.35. The van der Waals surface area contributed by atoms with E-state index in [9.17, 15) is 9.50 Å². The molecule has 0 spiro atoms. The van der Waals surface area contributed by atoms with Crippen molar-refractivity contribution in [1.82, 2.24) is 10.2 Å². The first kappa shape index (κ1) is 21.7. The number of hydrogen-bond acceptors (Lipinski definition) is 3. The lowest BCUT2D eigenvalue weighted by molar-refractivity contribution is 0.0842. The Labute approximate surface area is 149 Å². The highest BCUT2D eigenvalue weighted by molar-refractivity contribution is 6.32. The Morgan fingerprint density at radius 2 is 1.77 bits per heavy atom. The summed E-state index contributed by atoms with van der Waals surface area (Å²) in [6.07, 6.45) is 0. The molecule has 2 rings (SSSR count). The number of piperazine rings is 1. The van der Waals surface area contributed by atoms with Gasteiger partial charge in [-0.25, -0.2) is 4.39 Å². The Bertz CT molecular complexity index is 488. The second-order valence-electron chi connectivity index (χ2n) is 6.35. The largest absolute Gasteiger partial charge is 0.506 e. The molecule has 128 valence electrons. The number of aromatic hydroxyl groups is 1. The predicted octanol–water partition coefficient (Wildman–Crippen LogP) is 4.02. The SMILES string of the molecule is CC(C)(C)[C@H](c1ccc(F)c(Cl)c1O)N1CCNCC1.Cl.Cl. The molecule has 3 nitrogen and oxygen atoms in total. The van der Waals surface area contributed by atoms with E-state index in [1.54, 1.807) is 6.07 Å². The lowest BCUT2D eigenvalue weighted by Crippen LogP contribution is -2.48. The molecule has 7 heteroatoms. The van der Waals surface area contributed by atoms with Crippen molar-refractivity contribution in [2.75, 3.05) is 26.2 Å². The average Bonchev–Trinajstić information content (AvgIpc) is 2.39. The number of benzene rings is 1. The second-order valence-corrected chi connectivity index (χ2v) is 6.73. The average molecular weight is 374 g/mol. The van der Waals surface area contributed by atoms with Crippen LogP contribution in [0, 0.1) is 11.2 Å². The lowest BCUT2D eigenvalue weighted by atomic mass is 9.80. The number of rotatable bonds is 2. The van der Waals surface area contributed by atoms with Crippen LogP contribution >= 0.6 is 36.4 Å². The second kappa shape index (κ2) is 8.55. The van der Waals surface area contributed by atoms with Crippen LogP contribution in [0.2, 0.25) is 5.02 Å². The first-order valence-corrected chi connectivity index (χ1v) is 7.32. The summed E-state index contributed by atoms with van der Waals surface area (Å²) in [6, 6.07) is 2.98. The van der Waals surface area contributed by atoms with Gasteiger partial charge < -0.3 is 10.4 Å². The van der Waals surface area contributed by atoms with Gasteiger partial charge in [-0.3, -0.25) is 4.90 Å². The molecule has 0 aromatic heterocycles. The van der Waals surface area contributed by atoms with E-state index in [2.05, 4.69) is 31.0 Å². The standard InChI is InChI=1S/C15H22ClFN2O.2ClH/c1-15(2,3)14(19-8-6-18-7-9-19)10-4-5-11(17)12(16)13(10)20;;/h4-5,14,18,20H,6-9H2,1-3H3;2*1H/t14-;;/m0../s1. The molecule has 1 atom stereocenters. The summed E-state index contributed by atoms with van der Waals surface area (Å²) in [5, 5.41) is 13.4. The van der Waals surface area contributed by atoms with Crippen LogP contribution in [0.25, 0.3) is 0 Å². The Kier molecular flexibility index (Phi) is 8.45. The van der Waals surface area contributed by atoms with E-state index in [1.165, 1.54) is 6.07 Å². The number of halogens is 4. The van der Waals surface area contributed by atoms with Crippen molar-refractivity contribution in [3.63, 3.8) is 0 Å². The van der Waals surface area contributed by atoms with E-state index < -0.39 is 5.82 Å². The van der Waals surface area contributed by atoms with Gasteiger partial charge in [-0.05, 0) is 11.5 Å². The van der Waals surface area contributed by atoms with Crippen LogP contribution in [0.1, 0.15) is 32.4 Å². The molecule has 1 aliphatic rings. The number of hydrogen-bond donors (Lipinski definition) is 2. The van der Waals surface area contributed by atoms with Crippen LogP contribution in [0.4, 0.5) is 4.39 Å². The van der Waals surface area contributed by atoms with Crippen molar-refractivity contribution in [2.24, 2.45) is 5.41 Å². The van der Waals surface area contributed by atoms with Crippen molar-refractivity contribution in [2.45, 2.75) is 26.8 Å². The van der Waals surface area contributed by atoms with Crippen molar-refractivity contribution in [3.05, 3.63) is 28.5 Å². The minimum atomic E-state index is -0.583. The Morgan fingerprint density at radius 3 is 2.27 bits per heavy atom. The first-order chi connectivity index (χ1) is 9.32. The van der Waals surface area contributed by atoms with Crippen LogP contribution in [0.3, 0.4) is 0 Å². The molecule has 1 aromatic carbocycles. The van der Waals surface area contributed by atoms with Crippen LogP contribution in [0.15, 0.2) is 12.1 Å². The monoisotopic (exact) mass is 372 g/mol. The maximum atomic E-state index is 13.4. The van der Waals surface area contributed by atoms with E-state index in [-0.39, 0.29) is 47.0 Å². The molecular weight excluding hydrogens is 350 g/mol. The minimum absolute atomic E-state index is 0. The van der Waals surface area contributed by atoms with E-state index in [0.717, 1.165) is 26.2 Å². The van der Waals surface area contributed by atoms with Crippen LogP contribution in [-0.2, 0) is 0 Å². The van der Waals surface area contributed by atoms with E-state index >= 15 is 0 Å². The molecule has 1 heterocycles. The fraction of sp³-hybridized carbons (Fsp3) is 0.600. The van der Waals surface area contributed by atoms with Gasteiger partial charge in [0.25, 0.3) is 0 Å². The van der Waals surface area contributed by atoms with Gasteiger partial charge in [0.1, 0.15) is 16.6 Å². The molecule has 0 unspecified atom stereocenters. The summed E-state index contributed by atoms with van der Waals surface area (Å²) < 4.78 is 13.4. The maximum Gasteiger partial charge on any atom is 0.145 e. The lowest BCUT2D eigenvalue weighted by Gasteiger charge is -2.42. The third-order valence-electron chi connectivity index (χ3n) is 3.73. The van der Waals surface area contributed by atoms with Crippen LogP contribution in [0.5, 0.6) is 5.75 Å². The highest BCUT2D eigenvalue weighted by atomic mass is 35.5. The Hall–Kier alpha value is -0.260. The predicted molar refractivity (Wildman–Crippen MR) is 94.2 cm³/mol. The molecule has 2 N–H and O–H groups in total. The third kappa shape index (κ3) is 4.62. The summed E-state index contributed by atoms with van der Waals surface area (Å²) in [6.45, 7) is 10.0. The topological polar surface area (TPSA) is 35.5 Å². The molecule has 0 amide bonds. The minimum Gasteiger partial charge on any atom is -0.506 e. The van der Waals surface area contributed by atoms with Gasteiger partial charge in [0.05, 0.1) is 0 Å². The van der Waals surface area contributed by atoms with Crippen molar-refractivity contribution < 1.29 is 9.50 Å². The molecule has 22 heavy (non-hydrogen) atoms. The normalized spacial score (nSPS) is 17.3. The third-order valence-corrected chi connectivity index (χ3v) is 4.09. The van der Waals surface area contributed by atoms with E-state index in [0.29, 0.717) is 5.56 Å². The zero-order valence-electron chi connectivity index (χ0n) is 13.0. The van der Waals surface area contributed by atoms with Crippen LogP contribution < -0.4 is 5.32 Å². The number of nitrogens with zero attached hydrogens (tertiary/aromatic N) is 1. The number of nitrogens with one attached hydrogen (secondary N) is 1. The maximum absolute atomic E-state index is 13.4. The molecule has 0 aliphatic carbocycles. The van der Waals surface area contributed by atoms with E-state index in [4.69, 9.17) is 11.6 Å². The smallest absolute Gasteiger partial charge is 0.145 e. The summed E-state index contributed by atoms with van der Waals surface area (Å²) in [7, 11) is 0. The number of phenolic OH excluding ortho intramolecular Hbond substituents is 1. The van der Waals surface area contributed by atoms with Gasteiger partial charge in [0, 0.05) is 37.8 Å². The van der Waals surface area contributed by atoms with Crippen molar-refractivity contribution in [3.8, 4) is 5.75 Å². The Morgan fingerprint density at radius 1 is 1.23 bits per heavy atom. The summed E-state index contributed by atoms with van der Waals surface area (Å²) in [5.41, 5.74) is 0.612. The number of phenols is 1. The summed E-state index contributed by atoms with van der Waals surface area (Å²) >= 11 is 5.86. The van der Waals surface area contributed by atoms with Gasteiger partial charge in [-0.2, -0.15) is 0 Å². The molecule has 0 saturated carbocycles. The summed E-state index contributed by atoms with van der Waals surface area (Å²) in [4.78, 5) is 2.32. The zero-order valence-corrected chi connectivity index (χ0v) is 15.4. The highest BCUT2D eigenvalue weighted by Crippen LogP contribution is 2.44. The summed E-state index contributed by atoms with van der Waals surface area (Å²) in [5.74, 6) is -0.717. The fourth-order valence-electron chi connectivity index (χ4n) is 2.93. The molecule has 0 radical (unpaired) electrons. The molecule has 1 aliphatic heterocycles. The molecule has 0 bridgehead atoms. The van der Waals surface area contributed by atoms with Crippen molar-refractivity contribution >= 4 is 36.4 Å². The Balaban J connectivity index is 0.00000220. The van der Waals surface area contributed by atoms with Gasteiger partial charge in [0.15, 0.2) is 0 Å². The fourth-order valence-corrected chi connectivity index (χ4v) is 3.10. The van der Waals surface area contributed by atoms with E-state index in [1.807, 2.05) is 0 Å². The van der Waals surface area contributed by atoms with Crippen molar-refractivity contribution in [1.29, 1.82) is 0 Å². The van der Waals surface area contributed by atoms with Gasteiger partial charge in [-0.15, -0.1) is 24.8 Å². The van der Waals surface area contributed by atoms with Crippen LogP contribution in [-0.4, -0.2) is 36.2 Å². The molecular formula is C15H24Cl3FN2O. The van der Waals surface area contributed by atoms with Gasteiger partial charge in [-0.1, -0.05) is 38.4 Å². The van der Waals surface area contributed by atoms with Gasteiger partial charge in [0.2, 0.25) is 0 Å². The quantitative estimate of drug-likeness (QED) is 0.822. The zero-order chi connectivity index (χ0) is 14.9. The molecule has 1 fully saturated rings. The molecule has 1 aromatic rings. The first-order valence-electron chi connectivity index (χ1n) is 6.94. The van der Waals surface area contributed by atoms with Gasteiger partial charge >= 0.3 is 0 Å². The molecule has 1 saturated heterocycles.